The van der Waals surface area contributed by atoms with Gasteiger partial charge in [0, 0.05) is 18.9 Å². The van der Waals surface area contributed by atoms with Crippen molar-refractivity contribution in [2.24, 2.45) is 0 Å². The molecule has 3 rings (SSSR count). The first kappa shape index (κ1) is 13.3. The molecule has 0 saturated heterocycles. The van der Waals surface area contributed by atoms with Crippen molar-refractivity contribution in [2.75, 3.05) is 0 Å². The number of aryl methyl sites for hydroxylation is 1. The fourth-order valence-electron chi connectivity index (χ4n) is 2.18. The molecule has 21 heavy (non-hydrogen) atoms. The molecule has 1 amide bonds. The van der Waals surface area contributed by atoms with Crippen molar-refractivity contribution < 1.29 is 9.18 Å². The quantitative estimate of drug-likeness (QED) is 0.803. The van der Waals surface area contributed by atoms with Crippen LogP contribution in [0.25, 0.3) is 5.65 Å². The number of hydrogen-bond donors (Lipinski definition) is 1. The number of fused-ring (bicyclic) bond motifs is 1. The standard InChI is InChI=1S/C16H14FN3O/c1-11-4-3-7-20-10-14(19-15(11)20)16(21)18-9-12-5-2-6-13(17)8-12/h2-8,10H,9H2,1H3,(H,18,21). The molecule has 106 valence electrons. The Morgan fingerprint density at radius 1 is 1.33 bits per heavy atom. The Kier molecular flexibility index (Phi) is 3.39. The van der Waals surface area contributed by atoms with Crippen LogP contribution in [0.1, 0.15) is 21.6 Å². The monoisotopic (exact) mass is 283 g/mol. The molecule has 0 aliphatic rings. The minimum absolute atomic E-state index is 0.267. The van der Waals surface area contributed by atoms with Crippen LogP contribution < -0.4 is 5.32 Å². The minimum Gasteiger partial charge on any atom is -0.347 e. The van der Waals surface area contributed by atoms with Crippen molar-refractivity contribution in [3.8, 4) is 0 Å². The van der Waals surface area contributed by atoms with Gasteiger partial charge in [-0.05, 0) is 36.2 Å². The summed E-state index contributed by atoms with van der Waals surface area (Å²) in [6, 6.07) is 9.99. The molecule has 0 aliphatic heterocycles. The zero-order valence-corrected chi connectivity index (χ0v) is 11.5. The summed E-state index contributed by atoms with van der Waals surface area (Å²) in [7, 11) is 0. The van der Waals surface area contributed by atoms with Gasteiger partial charge in [0.15, 0.2) is 0 Å². The van der Waals surface area contributed by atoms with Gasteiger partial charge in [0.2, 0.25) is 0 Å². The zero-order chi connectivity index (χ0) is 14.8. The van der Waals surface area contributed by atoms with Crippen molar-refractivity contribution in [2.45, 2.75) is 13.5 Å². The second-order valence-electron chi connectivity index (χ2n) is 4.86. The van der Waals surface area contributed by atoms with Gasteiger partial charge in [0.05, 0.1) is 0 Å². The van der Waals surface area contributed by atoms with Crippen molar-refractivity contribution in [1.29, 1.82) is 0 Å². The number of nitrogens with one attached hydrogen (secondary N) is 1. The maximum atomic E-state index is 13.1. The van der Waals surface area contributed by atoms with E-state index in [-0.39, 0.29) is 18.3 Å². The lowest BCUT2D eigenvalue weighted by Gasteiger charge is -2.03. The highest BCUT2D eigenvalue weighted by molar-refractivity contribution is 5.92. The smallest absolute Gasteiger partial charge is 0.271 e. The number of hydrogen-bond acceptors (Lipinski definition) is 2. The largest absolute Gasteiger partial charge is 0.347 e. The number of amides is 1. The number of halogens is 1. The van der Waals surface area contributed by atoms with Crippen molar-refractivity contribution in [1.82, 2.24) is 14.7 Å². The van der Waals surface area contributed by atoms with E-state index in [1.807, 2.05) is 29.7 Å². The molecule has 2 aromatic heterocycles. The third kappa shape index (κ3) is 2.76. The highest BCUT2D eigenvalue weighted by Crippen LogP contribution is 2.10. The number of imidazole rings is 1. The summed E-state index contributed by atoms with van der Waals surface area (Å²) in [6.45, 7) is 2.21. The highest BCUT2D eigenvalue weighted by atomic mass is 19.1. The van der Waals surface area contributed by atoms with Gasteiger partial charge >= 0.3 is 0 Å². The first-order valence-electron chi connectivity index (χ1n) is 6.60. The molecule has 0 spiro atoms. The SMILES string of the molecule is Cc1cccn2cc(C(=O)NCc3cccc(F)c3)nc12. The highest BCUT2D eigenvalue weighted by Gasteiger charge is 2.11. The van der Waals surface area contributed by atoms with E-state index in [1.54, 1.807) is 18.3 Å². The maximum absolute atomic E-state index is 13.1. The molecule has 0 unspecified atom stereocenters. The van der Waals surface area contributed by atoms with Gasteiger partial charge in [0.1, 0.15) is 17.2 Å². The van der Waals surface area contributed by atoms with Gasteiger partial charge in [-0.15, -0.1) is 0 Å². The average molecular weight is 283 g/mol. The molecule has 3 aromatic rings. The number of carbonyl (C=O) groups excluding carboxylic acids is 1. The molecule has 1 aromatic carbocycles. The lowest BCUT2D eigenvalue weighted by atomic mass is 10.2. The lowest BCUT2D eigenvalue weighted by molar-refractivity contribution is 0.0946. The maximum Gasteiger partial charge on any atom is 0.271 e. The predicted molar refractivity (Wildman–Crippen MR) is 77.5 cm³/mol. The fourth-order valence-corrected chi connectivity index (χ4v) is 2.18. The van der Waals surface area contributed by atoms with E-state index in [0.717, 1.165) is 11.2 Å². The summed E-state index contributed by atoms with van der Waals surface area (Å²) in [6.07, 6.45) is 3.53. The third-order valence-electron chi connectivity index (χ3n) is 3.25. The van der Waals surface area contributed by atoms with Crippen molar-refractivity contribution in [3.05, 3.63) is 71.4 Å². The van der Waals surface area contributed by atoms with Gasteiger partial charge < -0.3 is 9.72 Å². The Morgan fingerprint density at radius 2 is 2.19 bits per heavy atom. The lowest BCUT2D eigenvalue weighted by Crippen LogP contribution is -2.23. The van der Waals surface area contributed by atoms with Gasteiger partial charge in [0.25, 0.3) is 5.91 Å². The van der Waals surface area contributed by atoms with E-state index in [1.165, 1.54) is 12.1 Å². The number of carbonyl (C=O) groups is 1. The molecule has 0 aliphatic carbocycles. The van der Waals surface area contributed by atoms with Crippen LogP contribution in [0.3, 0.4) is 0 Å². The minimum atomic E-state index is -0.315. The molecule has 0 fully saturated rings. The summed E-state index contributed by atoms with van der Waals surface area (Å²) in [4.78, 5) is 16.4. The number of rotatable bonds is 3. The van der Waals surface area contributed by atoms with Crippen LogP contribution in [-0.4, -0.2) is 15.3 Å². The average Bonchev–Trinajstić information content (AvgIpc) is 2.90. The van der Waals surface area contributed by atoms with Crippen LogP contribution in [0.5, 0.6) is 0 Å². The molecular formula is C16H14FN3O. The molecule has 2 heterocycles. The summed E-state index contributed by atoms with van der Waals surface area (Å²) in [5.41, 5.74) is 2.82. The summed E-state index contributed by atoms with van der Waals surface area (Å²) in [5, 5.41) is 2.74. The van der Waals surface area contributed by atoms with Crippen LogP contribution in [0.15, 0.2) is 48.8 Å². The van der Waals surface area contributed by atoms with Gasteiger partial charge in [-0.25, -0.2) is 9.37 Å². The molecule has 5 heteroatoms. The molecule has 1 N–H and O–H groups in total. The Balaban J connectivity index is 1.76. The van der Waals surface area contributed by atoms with Gasteiger partial charge in [-0.1, -0.05) is 18.2 Å². The second-order valence-corrected chi connectivity index (χ2v) is 4.86. The van der Waals surface area contributed by atoms with Crippen LogP contribution in [0.2, 0.25) is 0 Å². The summed E-state index contributed by atoms with van der Waals surface area (Å²) < 4.78 is 14.9. The Hall–Kier alpha value is -2.69. The third-order valence-corrected chi connectivity index (χ3v) is 3.25. The van der Waals surface area contributed by atoms with Crippen LogP contribution >= 0.6 is 0 Å². The van der Waals surface area contributed by atoms with E-state index in [0.29, 0.717) is 11.3 Å². The molecule has 0 atom stereocenters. The van der Waals surface area contributed by atoms with Gasteiger partial charge in [-0.3, -0.25) is 4.79 Å². The Morgan fingerprint density at radius 3 is 2.95 bits per heavy atom. The first-order valence-corrected chi connectivity index (χ1v) is 6.60. The number of pyridine rings is 1. The molecule has 4 nitrogen and oxygen atoms in total. The van der Waals surface area contributed by atoms with Gasteiger partial charge in [-0.2, -0.15) is 0 Å². The summed E-state index contributed by atoms with van der Waals surface area (Å²) in [5.74, 6) is -0.590. The Bertz CT molecular complexity index is 810. The van der Waals surface area contributed by atoms with E-state index in [4.69, 9.17) is 0 Å². The molecule has 0 saturated carbocycles. The summed E-state index contributed by atoms with van der Waals surface area (Å²) >= 11 is 0. The van der Waals surface area contributed by atoms with E-state index in [2.05, 4.69) is 10.3 Å². The topological polar surface area (TPSA) is 46.4 Å². The predicted octanol–water partition coefficient (Wildman–Crippen LogP) is 2.71. The van der Waals surface area contributed by atoms with Crippen LogP contribution in [0, 0.1) is 12.7 Å². The first-order chi connectivity index (χ1) is 10.1. The number of nitrogens with zero attached hydrogens (tertiary/aromatic N) is 2. The Labute approximate surface area is 121 Å². The van der Waals surface area contributed by atoms with Crippen LogP contribution in [0.4, 0.5) is 4.39 Å². The zero-order valence-electron chi connectivity index (χ0n) is 11.5. The van der Waals surface area contributed by atoms with Crippen molar-refractivity contribution in [3.63, 3.8) is 0 Å². The van der Waals surface area contributed by atoms with E-state index in [9.17, 15) is 9.18 Å². The molecule has 0 bridgehead atoms. The number of benzene rings is 1. The van der Waals surface area contributed by atoms with Crippen LogP contribution in [-0.2, 0) is 6.54 Å². The normalized spacial score (nSPS) is 10.8. The van der Waals surface area contributed by atoms with E-state index < -0.39 is 0 Å². The molecular weight excluding hydrogens is 269 g/mol. The second kappa shape index (κ2) is 5.36. The fraction of sp³-hybridized carbons (Fsp3) is 0.125. The molecule has 0 radical (unpaired) electrons. The van der Waals surface area contributed by atoms with E-state index >= 15 is 0 Å². The van der Waals surface area contributed by atoms with Crippen molar-refractivity contribution >= 4 is 11.6 Å². The number of aromatic nitrogens is 2.